The van der Waals surface area contributed by atoms with Gasteiger partial charge in [0, 0.05) is 13.1 Å². The number of imide groups is 1. The third-order valence-corrected chi connectivity index (χ3v) is 5.55. The van der Waals surface area contributed by atoms with Crippen LogP contribution in [-0.2, 0) is 16.1 Å². The van der Waals surface area contributed by atoms with Gasteiger partial charge in [-0.15, -0.1) is 0 Å². The molecule has 0 aliphatic carbocycles. The Bertz CT molecular complexity index is 1220. The minimum absolute atomic E-state index is 0.0141. The molecule has 174 valence electrons. The van der Waals surface area contributed by atoms with Crippen molar-refractivity contribution in [2.75, 3.05) is 11.4 Å². The summed E-state index contributed by atoms with van der Waals surface area (Å²) in [6.45, 7) is 6.79. The Balaban J connectivity index is 1.80. The van der Waals surface area contributed by atoms with Gasteiger partial charge in [-0.05, 0) is 62.2 Å². The summed E-state index contributed by atoms with van der Waals surface area (Å²) in [4.78, 5) is 30.3. The maximum absolute atomic E-state index is 14.0. The molecule has 1 aliphatic heterocycles. The zero-order valence-electron chi connectivity index (χ0n) is 19.5. The van der Waals surface area contributed by atoms with E-state index in [2.05, 4.69) is 0 Å². The Kier molecular flexibility index (Phi) is 6.77. The number of anilines is 1. The number of carbonyl (C=O) groups is 2. The first-order valence-corrected chi connectivity index (χ1v) is 11.3. The summed E-state index contributed by atoms with van der Waals surface area (Å²) in [7, 11) is 0. The van der Waals surface area contributed by atoms with Crippen LogP contribution in [0.25, 0.3) is 5.57 Å². The second kappa shape index (κ2) is 9.91. The molecule has 0 bridgehead atoms. The van der Waals surface area contributed by atoms with E-state index in [9.17, 15) is 14.0 Å². The van der Waals surface area contributed by atoms with Crippen molar-refractivity contribution in [1.82, 2.24) is 4.90 Å². The average Bonchev–Trinajstić information content (AvgIpc) is 3.08. The van der Waals surface area contributed by atoms with Crippen molar-refractivity contribution < 1.29 is 18.7 Å². The van der Waals surface area contributed by atoms with Gasteiger partial charge in [-0.25, -0.2) is 9.29 Å². The van der Waals surface area contributed by atoms with Gasteiger partial charge in [0.2, 0.25) is 0 Å². The SMILES string of the molecule is CCN(Cc1ccccc1)C1=C(c2ccc(OC(C)C)cc2)C(=O)N(c2cccc(F)c2)C1=O. The molecule has 2 amide bonds. The summed E-state index contributed by atoms with van der Waals surface area (Å²) >= 11 is 0. The van der Waals surface area contributed by atoms with Crippen LogP contribution >= 0.6 is 0 Å². The van der Waals surface area contributed by atoms with Gasteiger partial charge in [-0.1, -0.05) is 48.5 Å². The molecule has 0 fully saturated rings. The highest BCUT2D eigenvalue weighted by atomic mass is 19.1. The predicted molar refractivity (Wildman–Crippen MR) is 131 cm³/mol. The van der Waals surface area contributed by atoms with Crippen LogP contribution in [0.1, 0.15) is 31.9 Å². The molecule has 1 aliphatic rings. The van der Waals surface area contributed by atoms with Gasteiger partial charge in [0.15, 0.2) is 0 Å². The van der Waals surface area contributed by atoms with Crippen molar-refractivity contribution in [2.24, 2.45) is 0 Å². The van der Waals surface area contributed by atoms with Crippen molar-refractivity contribution in [3.05, 3.63) is 102 Å². The molecule has 0 atom stereocenters. The minimum Gasteiger partial charge on any atom is -0.491 e. The van der Waals surface area contributed by atoms with Crippen LogP contribution in [0.5, 0.6) is 5.75 Å². The molecular formula is C28H27FN2O3. The minimum atomic E-state index is -0.514. The highest BCUT2D eigenvalue weighted by molar-refractivity contribution is 6.45. The van der Waals surface area contributed by atoms with E-state index >= 15 is 0 Å². The van der Waals surface area contributed by atoms with E-state index in [1.807, 2.05) is 56.0 Å². The molecule has 4 rings (SSSR count). The number of halogens is 1. The lowest BCUT2D eigenvalue weighted by Crippen LogP contribution is -2.35. The number of hydrogen-bond donors (Lipinski definition) is 0. The summed E-state index contributed by atoms with van der Waals surface area (Å²) in [6, 6.07) is 22.4. The number of rotatable bonds is 8. The van der Waals surface area contributed by atoms with Crippen molar-refractivity contribution >= 4 is 23.1 Å². The fourth-order valence-corrected chi connectivity index (χ4v) is 4.05. The number of ether oxygens (including phenoxy) is 1. The first-order valence-electron chi connectivity index (χ1n) is 11.3. The van der Waals surface area contributed by atoms with Crippen molar-refractivity contribution in [3.8, 4) is 5.75 Å². The lowest BCUT2D eigenvalue weighted by atomic mass is 10.0. The second-order valence-electron chi connectivity index (χ2n) is 8.34. The van der Waals surface area contributed by atoms with E-state index in [0.29, 0.717) is 35.7 Å². The summed E-state index contributed by atoms with van der Waals surface area (Å²) in [5.41, 5.74) is 2.43. The van der Waals surface area contributed by atoms with Gasteiger partial charge in [0.25, 0.3) is 11.8 Å². The molecule has 3 aromatic carbocycles. The van der Waals surface area contributed by atoms with Crippen molar-refractivity contribution in [2.45, 2.75) is 33.4 Å². The van der Waals surface area contributed by atoms with E-state index < -0.39 is 17.6 Å². The molecule has 5 nitrogen and oxygen atoms in total. The van der Waals surface area contributed by atoms with Crippen molar-refractivity contribution in [1.29, 1.82) is 0 Å². The van der Waals surface area contributed by atoms with Crippen LogP contribution in [0.2, 0.25) is 0 Å². The Hall–Kier alpha value is -3.93. The lowest BCUT2D eigenvalue weighted by molar-refractivity contribution is -0.120. The third kappa shape index (κ3) is 4.71. The zero-order chi connectivity index (χ0) is 24.2. The quantitative estimate of drug-likeness (QED) is 0.423. The van der Waals surface area contributed by atoms with E-state index in [4.69, 9.17) is 4.74 Å². The fraction of sp³-hybridized carbons (Fsp3) is 0.214. The Morgan fingerprint density at radius 2 is 1.62 bits per heavy atom. The fourth-order valence-electron chi connectivity index (χ4n) is 4.05. The number of benzene rings is 3. The number of nitrogens with zero attached hydrogens (tertiary/aromatic N) is 2. The van der Waals surface area contributed by atoms with Crippen molar-refractivity contribution in [3.63, 3.8) is 0 Å². The number of carbonyl (C=O) groups excluding carboxylic acids is 2. The van der Waals surface area contributed by atoms with E-state index in [1.54, 1.807) is 30.3 Å². The Morgan fingerprint density at radius 3 is 2.24 bits per heavy atom. The van der Waals surface area contributed by atoms with E-state index in [0.717, 1.165) is 10.5 Å². The first-order chi connectivity index (χ1) is 16.4. The van der Waals surface area contributed by atoms with E-state index in [-0.39, 0.29) is 11.8 Å². The summed E-state index contributed by atoms with van der Waals surface area (Å²) < 4.78 is 19.7. The summed E-state index contributed by atoms with van der Waals surface area (Å²) in [5.74, 6) is -0.781. The van der Waals surface area contributed by atoms with Crippen LogP contribution in [0.15, 0.2) is 84.6 Å². The number of likely N-dealkylation sites (N-methyl/N-ethyl adjacent to an activating group) is 1. The second-order valence-corrected chi connectivity index (χ2v) is 8.34. The lowest BCUT2D eigenvalue weighted by Gasteiger charge is -2.25. The van der Waals surface area contributed by atoms with Gasteiger partial charge in [0.05, 0.1) is 17.4 Å². The van der Waals surface area contributed by atoms with Gasteiger partial charge in [-0.3, -0.25) is 9.59 Å². The van der Waals surface area contributed by atoms with Gasteiger partial charge in [-0.2, -0.15) is 0 Å². The molecule has 0 unspecified atom stereocenters. The summed E-state index contributed by atoms with van der Waals surface area (Å²) in [5, 5.41) is 0. The molecule has 0 radical (unpaired) electrons. The molecule has 0 saturated heterocycles. The predicted octanol–water partition coefficient (Wildman–Crippen LogP) is 5.42. The molecule has 34 heavy (non-hydrogen) atoms. The number of amides is 2. The Labute approximate surface area is 199 Å². The molecule has 1 heterocycles. The molecule has 0 saturated carbocycles. The molecular weight excluding hydrogens is 431 g/mol. The standard InChI is InChI=1S/C28H27FN2O3/c1-4-30(18-20-9-6-5-7-10-20)26-25(21-13-15-24(16-14-21)34-19(2)3)27(32)31(28(26)33)23-12-8-11-22(29)17-23/h5-17,19H,4,18H2,1-3H3. The van der Waals surface area contributed by atoms with Crippen LogP contribution in [-0.4, -0.2) is 29.4 Å². The largest absolute Gasteiger partial charge is 0.491 e. The van der Waals surface area contributed by atoms with Gasteiger partial charge in [0.1, 0.15) is 17.3 Å². The van der Waals surface area contributed by atoms with Crippen LogP contribution in [0, 0.1) is 5.82 Å². The van der Waals surface area contributed by atoms with Crippen LogP contribution < -0.4 is 9.64 Å². The van der Waals surface area contributed by atoms with E-state index in [1.165, 1.54) is 18.2 Å². The van der Waals surface area contributed by atoms with Crippen LogP contribution in [0.4, 0.5) is 10.1 Å². The smallest absolute Gasteiger partial charge is 0.282 e. The highest BCUT2D eigenvalue weighted by Gasteiger charge is 2.42. The maximum Gasteiger partial charge on any atom is 0.282 e. The highest BCUT2D eigenvalue weighted by Crippen LogP contribution is 2.36. The summed E-state index contributed by atoms with van der Waals surface area (Å²) in [6.07, 6.45) is 0.0141. The topological polar surface area (TPSA) is 49.9 Å². The average molecular weight is 459 g/mol. The molecule has 0 spiro atoms. The van der Waals surface area contributed by atoms with Gasteiger partial charge < -0.3 is 9.64 Å². The first kappa shape index (κ1) is 23.2. The number of hydrogen-bond acceptors (Lipinski definition) is 4. The maximum atomic E-state index is 14.0. The third-order valence-electron chi connectivity index (χ3n) is 5.55. The van der Waals surface area contributed by atoms with Crippen LogP contribution in [0.3, 0.4) is 0 Å². The Morgan fingerprint density at radius 1 is 0.912 bits per heavy atom. The monoisotopic (exact) mass is 458 g/mol. The van der Waals surface area contributed by atoms with Gasteiger partial charge >= 0.3 is 0 Å². The molecule has 0 aromatic heterocycles. The molecule has 0 N–H and O–H groups in total. The normalized spacial score (nSPS) is 13.7. The zero-order valence-corrected chi connectivity index (χ0v) is 19.5. The molecule has 3 aromatic rings. The molecule has 6 heteroatoms.